The molecule has 1 fully saturated rings. The molecule has 2 heterocycles. The Bertz CT molecular complexity index is 424. The molecule has 6 heteroatoms. The number of nitrogens with one attached hydrogen (secondary N) is 1. The summed E-state index contributed by atoms with van der Waals surface area (Å²) >= 11 is 1.46. The summed E-state index contributed by atoms with van der Waals surface area (Å²) in [6.45, 7) is 7.20. The second-order valence-corrected chi connectivity index (χ2v) is 6.02. The van der Waals surface area contributed by atoms with Crippen molar-refractivity contribution in [2.75, 3.05) is 13.1 Å². The molecule has 0 bridgehead atoms. The number of nitrogens with two attached hydrogens (primary N) is 1. The number of rotatable bonds is 4. The van der Waals surface area contributed by atoms with Gasteiger partial charge in [0.2, 0.25) is 0 Å². The van der Waals surface area contributed by atoms with Gasteiger partial charge in [-0.25, -0.2) is 10.8 Å². The number of nitrogen functional groups attached to an aromatic ring is 1. The topological polar surface area (TPSA) is 71.2 Å². The average Bonchev–Trinajstić information content (AvgIpc) is 2.97. The molecule has 0 aromatic carbocycles. The number of hydrazine groups is 1. The van der Waals surface area contributed by atoms with E-state index in [1.165, 1.54) is 24.2 Å². The number of hydrogen-bond acceptors (Lipinski definition) is 5. The van der Waals surface area contributed by atoms with Crippen LogP contribution in [-0.2, 0) is 6.54 Å². The molecule has 1 aliphatic rings. The minimum atomic E-state index is -0.233. The number of amides is 1. The predicted molar refractivity (Wildman–Crippen MR) is 72.4 cm³/mol. The number of likely N-dealkylation sites (tertiary alicyclic amines) is 1. The van der Waals surface area contributed by atoms with Crippen molar-refractivity contribution in [2.24, 2.45) is 5.84 Å². The molecule has 0 radical (unpaired) electrons. The minimum Gasteiger partial charge on any atom is -0.297 e. The quantitative estimate of drug-likeness (QED) is 0.493. The van der Waals surface area contributed by atoms with E-state index >= 15 is 0 Å². The Morgan fingerprint density at radius 2 is 2.17 bits per heavy atom. The summed E-state index contributed by atoms with van der Waals surface area (Å²) in [6.07, 6.45) is 2.52. The molecular weight excluding hydrogens is 248 g/mol. The first-order valence-electron chi connectivity index (χ1n) is 6.34. The second-order valence-electron chi connectivity index (χ2n) is 4.93. The standard InChI is InChI=1S/C12H20N4OS/c1-8(2)10-11(12(17)15-13)18-9(14-10)7-16-5-3-4-6-16/h8H,3-7,13H2,1-2H3,(H,15,17). The molecule has 0 aliphatic carbocycles. The summed E-state index contributed by atoms with van der Waals surface area (Å²) in [5, 5.41) is 1.01. The average molecular weight is 268 g/mol. The van der Waals surface area contributed by atoms with Gasteiger partial charge < -0.3 is 0 Å². The van der Waals surface area contributed by atoms with Crippen LogP contribution in [0.5, 0.6) is 0 Å². The fraction of sp³-hybridized carbons (Fsp3) is 0.667. The highest BCUT2D eigenvalue weighted by molar-refractivity contribution is 7.13. The van der Waals surface area contributed by atoms with Crippen molar-refractivity contribution >= 4 is 17.2 Å². The van der Waals surface area contributed by atoms with E-state index in [1.807, 2.05) is 13.8 Å². The largest absolute Gasteiger partial charge is 0.297 e. The number of carbonyl (C=O) groups excluding carboxylic acids is 1. The van der Waals surface area contributed by atoms with E-state index in [0.717, 1.165) is 30.3 Å². The first kappa shape index (κ1) is 13.5. The highest BCUT2D eigenvalue weighted by Gasteiger charge is 2.21. The van der Waals surface area contributed by atoms with E-state index < -0.39 is 0 Å². The van der Waals surface area contributed by atoms with Gasteiger partial charge in [0.1, 0.15) is 9.88 Å². The molecule has 1 amide bonds. The van der Waals surface area contributed by atoms with E-state index in [-0.39, 0.29) is 11.8 Å². The maximum absolute atomic E-state index is 11.7. The summed E-state index contributed by atoms with van der Waals surface area (Å²) in [4.78, 5) is 19.3. The summed E-state index contributed by atoms with van der Waals surface area (Å²) < 4.78 is 0. The molecule has 2 rings (SSSR count). The van der Waals surface area contributed by atoms with Gasteiger partial charge in [-0.1, -0.05) is 13.8 Å². The summed E-state index contributed by atoms with van der Waals surface area (Å²) in [5.74, 6) is 5.22. The lowest BCUT2D eigenvalue weighted by molar-refractivity contribution is 0.0956. The Kier molecular flexibility index (Phi) is 4.31. The molecule has 5 nitrogen and oxygen atoms in total. The van der Waals surface area contributed by atoms with Crippen molar-refractivity contribution in [3.63, 3.8) is 0 Å². The van der Waals surface area contributed by atoms with Crippen LogP contribution in [0.25, 0.3) is 0 Å². The smallest absolute Gasteiger partial charge is 0.277 e. The zero-order chi connectivity index (χ0) is 13.1. The van der Waals surface area contributed by atoms with Crippen LogP contribution in [0.3, 0.4) is 0 Å². The monoisotopic (exact) mass is 268 g/mol. The Morgan fingerprint density at radius 3 is 2.72 bits per heavy atom. The van der Waals surface area contributed by atoms with Crippen LogP contribution >= 0.6 is 11.3 Å². The van der Waals surface area contributed by atoms with E-state index in [2.05, 4.69) is 15.3 Å². The Morgan fingerprint density at radius 1 is 1.50 bits per heavy atom. The molecule has 1 aromatic heterocycles. The molecular formula is C12H20N4OS. The van der Waals surface area contributed by atoms with Crippen molar-refractivity contribution in [1.29, 1.82) is 0 Å². The summed E-state index contributed by atoms with van der Waals surface area (Å²) in [6, 6.07) is 0. The van der Waals surface area contributed by atoms with Crippen molar-refractivity contribution in [2.45, 2.75) is 39.2 Å². The van der Waals surface area contributed by atoms with Gasteiger partial charge in [-0.15, -0.1) is 11.3 Å². The first-order chi connectivity index (χ1) is 8.61. The first-order valence-corrected chi connectivity index (χ1v) is 7.16. The van der Waals surface area contributed by atoms with Gasteiger partial charge in [0, 0.05) is 0 Å². The Hall–Kier alpha value is -0.980. The maximum atomic E-state index is 11.7. The van der Waals surface area contributed by atoms with Crippen molar-refractivity contribution < 1.29 is 4.79 Å². The third-order valence-electron chi connectivity index (χ3n) is 3.14. The van der Waals surface area contributed by atoms with Crippen LogP contribution < -0.4 is 11.3 Å². The number of carbonyl (C=O) groups is 1. The van der Waals surface area contributed by atoms with Gasteiger partial charge in [-0.05, 0) is 31.8 Å². The van der Waals surface area contributed by atoms with Crippen LogP contribution in [0.2, 0.25) is 0 Å². The van der Waals surface area contributed by atoms with Crippen molar-refractivity contribution in [1.82, 2.24) is 15.3 Å². The highest BCUT2D eigenvalue weighted by atomic mass is 32.1. The van der Waals surface area contributed by atoms with E-state index in [9.17, 15) is 4.79 Å². The number of aromatic nitrogens is 1. The lowest BCUT2D eigenvalue weighted by atomic mass is 10.1. The zero-order valence-corrected chi connectivity index (χ0v) is 11.7. The molecule has 1 aromatic rings. The summed E-state index contributed by atoms with van der Waals surface area (Å²) in [7, 11) is 0. The van der Waals surface area contributed by atoms with Crippen LogP contribution in [-0.4, -0.2) is 28.9 Å². The van der Waals surface area contributed by atoms with E-state index in [1.54, 1.807) is 0 Å². The van der Waals surface area contributed by atoms with Gasteiger partial charge in [0.05, 0.1) is 12.2 Å². The molecule has 1 saturated heterocycles. The fourth-order valence-electron chi connectivity index (χ4n) is 2.20. The molecule has 18 heavy (non-hydrogen) atoms. The summed E-state index contributed by atoms with van der Waals surface area (Å²) in [5.41, 5.74) is 3.06. The second kappa shape index (κ2) is 5.77. The van der Waals surface area contributed by atoms with Gasteiger partial charge in [0.25, 0.3) is 5.91 Å². The lowest BCUT2D eigenvalue weighted by Gasteiger charge is -2.11. The zero-order valence-electron chi connectivity index (χ0n) is 10.9. The van der Waals surface area contributed by atoms with Gasteiger partial charge in [-0.3, -0.25) is 15.1 Å². The molecule has 100 valence electrons. The minimum absolute atomic E-state index is 0.233. The van der Waals surface area contributed by atoms with E-state index in [0.29, 0.717) is 4.88 Å². The molecule has 0 atom stereocenters. The van der Waals surface area contributed by atoms with Crippen molar-refractivity contribution in [3.05, 3.63) is 15.6 Å². The number of thiazole rings is 1. The van der Waals surface area contributed by atoms with Crippen LogP contribution in [0.4, 0.5) is 0 Å². The molecule has 0 saturated carbocycles. The molecule has 0 spiro atoms. The Balaban J connectivity index is 2.18. The van der Waals surface area contributed by atoms with Gasteiger partial charge in [-0.2, -0.15) is 0 Å². The molecule has 0 unspecified atom stereocenters. The predicted octanol–water partition coefficient (Wildman–Crippen LogP) is 1.47. The Labute approximate surface area is 111 Å². The lowest BCUT2D eigenvalue weighted by Crippen LogP contribution is -2.30. The maximum Gasteiger partial charge on any atom is 0.277 e. The van der Waals surface area contributed by atoms with Gasteiger partial charge in [0.15, 0.2) is 0 Å². The van der Waals surface area contributed by atoms with Crippen LogP contribution in [0.1, 0.15) is 53.0 Å². The molecule has 3 N–H and O–H groups in total. The van der Waals surface area contributed by atoms with E-state index in [4.69, 9.17) is 5.84 Å². The third kappa shape index (κ3) is 2.88. The number of nitrogens with zero attached hydrogens (tertiary/aromatic N) is 2. The third-order valence-corrected chi connectivity index (χ3v) is 4.19. The van der Waals surface area contributed by atoms with Crippen LogP contribution in [0.15, 0.2) is 0 Å². The fourth-order valence-corrected chi connectivity index (χ4v) is 3.36. The highest BCUT2D eigenvalue weighted by Crippen LogP contribution is 2.26. The normalized spacial score (nSPS) is 16.4. The van der Waals surface area contributed by atoms with Crippen molar-refractivity contribution in [3.8, 4) is 0 Å². The number of hydrogen-bond donors (Lipinski definition) is 2. The van der Waals surface area contributed by atoms with Crippen LogP contribution in [0, 0.1) is 0 Å². The molecule has 1 aliphatic heterocycles. The van der Waals surface area contributed by atoms with Gasteiger partial charge >= 0.3 is 0 Å². The SMILES string of the molecule is CC(C)c1nc(CN2CCCC2)sc1C(=O)NN.